The highest BCUT2D eigenvalue weighted by molar-refractivity contribution is 6.28. The van der Waals surface area contributed by atoms with Crippen LogP contribution in [0.3, 0.4) is 0 Å². The van der Waals surface area contributed by atoms with Crippen molar-refractivity contribution in [2.75, 3.05) is 0 Å². The van der Waals surface area contributed by atoms with Crippen LogP contribution in [-0.2, 0) is 19.5 Å². The third kappa shape index (κ3) is 4.43. The van der Waals surface area contributed by atoms with Crippen LogP contribution in [0.2, 0.25) is 5.28 Å². The summed E-state index contributed by atoms with van der Waals surface area (Å²) in [5.74, 6) is 1.12. The molecule has 0 bridgehead atoms. The number of nitrogens with zero attached hydrogens (tertiary/aromatic N) is 6. The molecule has 0 fully saturated rings. The molecule has 0 saturated heterocycles. The van der Waals surface area contributed by atoms with Gasteiger partial charge in [-0.05, 0) is 42.5 Å². The van der Waals surface area contributed by atoms with E-state index in [0.29, 0.717) is 43.2 Å². The van der Waals surface area contributed by atoms with Crippen LogP contribution in [0, 0.1) is 5.92 Å². The molecule has 0 aromatic carbocycles. The average molecular weight is 444 g/mol. The minimum Gasteiger partial charge on any atom is -0.339 e. The fraction of sp³-hybridized carbons (Fsp3) is 0.400. The molecule has 1 N–H and O–H groups in total. The van der Waals surface area contributed by atoms with Gasteiger partial charge in [0.15, 0.2) is 11.2 Å². The van der Waals surface area contributed by atoms with Crippen LogP contribution in [-0.4, -0.2) is 34.2 Å². The van der Waals surface area contributed by atoms with Gasteiger partial charge in [-0.25, -0.2) is 4.79 Å². The second kappa shape index (κ2) is 8.84. The molecule has 0 radical (unpaired) electrons. The summed E-state index contributed by atoms with van der Waals surface area (Å²) in [5.41, 5.74) is 0.362. The van der Waals surface area contributed by atoms with Crippen molar-refractivity contribution in [3.05, 3.63) is 56.4 Å². The number of nitrogens with one attached hydrogen (secondary N) is 1. The van der Waals surface area contributed by atoms with Crippen LogP contribution >= 0.6 is 11.6 Å². The summed E-state index contributed by atoms with van der Waals surface area (Å²) < 4.78 is 8.01. The van der Waals surface area contributed by atoms with E-state index in [0.717, 1.165) is 0 Å². The number of fused-ring (bicyclic) bond motifs is 1. The van der Waals surface area contributed by atoms with Crippen LogP contribution in [0.5, 0.6) is 0 Å². The van der Waals surface area contributed by atoms with Crippen molar-refractivity contribution in [2.45, 2.75) is 46.2 Å². The summed E-state index contributed by atoms with van der Waals surface area (Å²) in [6.45, 7) is 4.69. The number of aromatic nitrogens is 7. The Labute approximate surface area is 181 Å². The molecule has 0 aliphatic rings. The van der Waals surface area contributed by atoms with Crippen molar-refractivity contribution in [3.8, 4) is 11.5 Å². The predicted octanol–water partition coefficient (Wildman–Crippen LogP) is 2.66. The summed E-state index contributed by atoms with van der Waals surface area (Å²) in [5, 5.41) is 4.03. The second-order valence-electron chi connectivity index (χ2n) is 7.65. The molecular formula is C20H22ClN7O3. The summed E-state index contributed by atoms with van der Waals surface area (Å²) in [7, 11) is 0. The lowest BCUT2D eigenvalue weighted by atomic mass is 10.2. The maximum absolute atomic E-state index is 13.0. The topological polar surface area (TPSA) is 124 Å². The summed E-state index contributed by atoms with van der Waals surface area (Å²) in [4.78, 5) is 41.2. The smallest absolute Gasteiger partial charge is 0.332 e. The molecule has 0 atom stereocenters. The SMILES string of the molecule is CC(C)Cn1c(=O)n(CCCCc2nc(-c3ccccn3)no2)c(=O)c2[nH]c(Cl)nc21. The van der Waals surface area contributed by atoms with Gasteiger partial charge in [-0.1, -0.05) is 25.1 Å². The Morgan fingerprint density at radius 2 is 2.00 bits per heavy atom. The van der Waals surface area contributed by atoms with E-state index in [1.165, 1.54) is 9.13 Å². The van der Waals surface area contributed by atoms with E-state index in [2.05, 4.69) is 25.1 Å². The van der Waals surface area contributed by atoms with E-state index < -0.39 is 5.56 Å². The van der Waals surface area contributed by atoms with Gasteiger partial charge < -0.3 is 9.51 Å². The summed E-state index contributed by atoms with van der Waals surface area (Å²) in [6, 6.07) is 5.48. The highest BCUT2D eigenvalue weighted by Gasteiger charge is 2.17. The largest absolute Gasteiger partial charge is 0.339 e. The second-order valence-corrected chi connectivity index (χ2v) is 8.01. The van der Waals surface area contributed by atoms with Gasteiger partial charge >= 0.3 is 5.69 Å². The van der Waals surface area contributed by atoms with Crippen molar-refractivity contribution >= 4 is 22.8 Å². The molecule has 4 aromatic rings. The molecule has 0 aliphatic carbocycles. The third-order valence-electron chi connectivity index (χ3n) is 4.76. The number of hydrogen-bond acceptors (Lipinski definition) is 7. The molecule has 0 saturated carbocycles. The minimum atomic E-state index is -0.422. The van der Waals surface area contributed by atoms with Crippen molar-refractivity contribution in [3.63, 3.8) is 0 Å². The predicted molar refractivity (Wildman–Crippen MR) is 115 cm³/mol. The molecule has 4 heterocycles. The zero-order valence-corrected chi connectivity index (χ0v) is 18.0. The Kier molecular flexibility index (Phi) is 5.99. The molecule has 0 amide bonds. The van der Waals surface area contributed by atoms with E-state index >= 15 is 0 Å². The first-order valence-corrected chi connectivity index (χ1v) is 10.4. The standard InChI is InChI=1S/C20H22ClN7O3/c1-12(2)11-28-17-15(24-19(21)25-17)18(29)27(20(28)30)10-6-4-8-14-23-16(26-31-14)13-7-3-5-9-22-13/h3,5,7,9,12H,4,6,8,10-11H2,1-2H3,(H,24,25). The fourth-order valence-electron chi connectivity index (χ4n) is 3.37. The Morgan fingerprint density at radius 1 is 1.16 bits per heavy atom. The summed E-state index contributed by atoms with van der Waals surface area (Å²) >= 11 is 5.95. The molecule has 0 unspecified atom stereocenters. The van der Waals surface area contributed by atoms with Gasteiger partial charge in [0.05, 0.1) is 0 Å². The number of imidazole rings is 1. The zero-order chi connectivity index (χ0) is 22.0. The number of hydrogen-bond donors (Lipinski definition) is 1. The Bertz CT molecular complexity index is 1300. The van der Waals surface area contributed by atoms with Crippen molar-refractivity contribution in [1.29, 1.82) is 0 Å². The van der Waals surface area contributed by atoms with E-state index in [1.54, 1.807) is 12.3 Å². The number of halogens is 1. The van der Waals surface area contributed by atoms with E-state index in [4.69, 9.17) is 16.1 Å². The maximum Gasteiger partial charge on any atom is 0.332 e. The normalized spacial score (nSPS) is 11.6. The number of unbranched alkanes of at least 4 members (excludes halogenated alkanes) is 1. The fourth-order valence-corrected chi connectivity index (χ4v) is 3.54. The van der Waals surface area contributed by atoms with Crippen molar-refractivity contribution in [1.82, 2.24) is 34.2 Å². The highest BCUT2D eigenvalue weighted by atomic mass is 35.5. The molecule has 0 aliphatic heterocycles. The molecule has 4 aromatic heterocycles. The molecule has 0 spiro atoms. The molecule has 31 heavy (non-hydrogen) atoms. The highest BCUT2D eigenvalue weighted by Crippen LogP contribution is 2.14. The molecule has 10 nitrogen and oxygen atoms in total. The van der Waals surface area contributed by atoms with E-state index in [-0.39, 0.29) is 34.6 Å². The first kappa shape index (κ1) is 21.0. The number of aryl methyl sites for hydroxylation is 1. The van der Waals surface area contributed by atoms with Gasteiger partial charge in [-0.2, -0.15) is 9.97 Å². The van der Waals surface area contributed by atoms with Gasteiger partial charge in [0.2, 0.25) is 17.0 Å². The lowest BCUT2D eigenvalue weighted by Gasteiger charge is -2.12. The average Bonchev–Trinajstić information content (AvgIpc) is 3.38. The van der Waals surface area contributed by atoms with Crippen LogP contribution in [0.25, 0.3) is 22.7 Å². The number of aromatic amines is 1. The summed E-state index contributed by atoms with van der Waals surface area (Å²) in [6.07, 6.45) is 3.46. The number of pyridine rings is 1. The molecule has 4 rings (SSSR count). The number of H-pyrrole nitrogens is 1. The molecular weight excluding hydrogens is 422 g/mol. The van der Waals surface area contributed by atoms with Gasteiger partial charge in [-0.15, -0.1) is 0 Å². The maximum atomic E-state index is 13.0. The number of rotatable bonds is 8. The van der Waals surface area contributed by atoms with Crippen molar-refractivity contribution in [2.24, 2.45) is 5.92 Å². The van der Waals surface area contributed by atoms with Gasteiger partial charge in [0, 0.05) is 25.7 Å². The van der Waals surface area contributed by atoms with Gasteiger partial charge in [-0.3, -0.25) is 18.9 Å². The first-order chi connectivity index (χ1) is 14.9. The lowest BCUT2D eigenvalue weighted by Crippen LogP contribution is -2.40. The Hall–Kier alpha value is -3.27. The van der Waals surface area contributed by atoms with Crippen LogP contribution < -0.4 is 11.2 Å². The Balaban J connectivity index is 1.48. The molecule has 162 valence electrons. The van der Waals surface area contributed by atoms with Crippen LogP contribution in [0.4, 0.5) is 0 Å². The van der Waals surface area contributed by atoms with E-state index in [1.807, 2.05) is 26.0 Å². The van der Waals surface area contributed by atoms with Crippen molar-refractivity contribution < 1.29 is 4.52 Å². The van der Waals surface area contributed by atoms with Gasteiger partial charge in [0.25, 0.3) is 5.56 Å². The quantitative estimate of drug-likeness (QED) is 0.328. The monoisotopic (exact) mass is 443 g/mol. The third-order valence-corrected chi connectivity index (χ3v) is 4.94. The van der Waals surface area contributed by atoms with E-state index in [9.17, 15) is 9.59 Å². The minimum absolute atomic E-state index is 0.0851. The zero-order valence-electron chi connectivity index (χ0n) is 17.2. The van der Waals surface area contributed by atoms with Crippen LogP contribution in [0.15, 0.2) is 38.5 Å². The Morgan fingerprint density at radius 3 is 2.74 bits per heavy atom. The first-order valence-electron chi connectivity index (χ1n) is 10.1. The lowest BCUT2D eigenvalue weighted by molar-refractivity contribution is 0.372. The van der Waals surface area contributed by atoms with Gasteiger partial charge in [0.1, 0.15) is 5.69 Å². The molecule has 11 heteroatoms. The van der Waals surface area contributed by atoms with Crippen LogP contribution in [0.1, 0.15) is 32.6 Å².